The van der Waals surface area contributed by atoms with Crippen molar-refractivity contribution >= 4 is 11.7 Å². The predicted octanol–water partition coefficient (Wildman–Crippen LogP) is 3.33. The SMILES string of the molecule is O=C(NCCCF)NC1CCN(c2cccc(C(F)(F)F)c2)CC1. The highest BCUT2D eigenvalue weighted by molar-refractivity contribution is 5.74. The van der Waals surface area contributed by atoms with Gasteiger partial charge in [-0.05, 0) is 37.5 Å². The van der Waals surface area contributed by atoms with Crippen molar-refractivity contribution in [1.29, 1.82) is 0 Å². The molecule has 2 rings (SSSR count). The fraction of sp³-hybridized carbons (Fsp3) is 0.562. The van der Waals surface area contributed by atoms with Crippen LogP contribution in [0.3, 0.4) is 0 Å². The van der Waals surface area contributed by atoms with E-state index in [4.69, 9.17) is 0 Å². The van der Waals surface area contributed by atoms with E-state index in [-0.39, 0.29) is 25.0 Å². The summed E-state index contributed by atoms with van der Waals surface area (Å²) in [5.41, 5.74) is -0.122. The average molecular weight is 347 g/mol. The lowest BCUT2D eigenvalue weighted by Crippen LogP contribution is -2.48. The Balaban J connectivity index is 1.83. The van der Waals surface area contributed by atoms with Gasteiger partial charge in [0.1, 0.15) is 0 Å². The summed E-state index contributed by atoms with van der Waals surface area (Å²) in [6.45, 7) is 0.939. The van der Waals surface area contributed by atoms with Crippen molar-refractivity contribution in [2.24, 2.45) is 0 Å². The summed E-state index contributed by atoms with van der Waals surface area (Å²) in [5.74, 6) is 0. The summed E-state index contributed by atoms with van der Waals surface area (Å²) in [5, 5.41) is 5.38. The average Bonchev–Trinajstić information content (AvgIpc) is 2.55. The number of halogens is 4. The molecule has 0 spiro atoms. The number of benzene rings is 1. The largest absolute Gasteiger partial charge is 0.416 e. The van der Waals surface area contributed by atoms with Gasteiger partial charge >= 0.3 is 12.2 Å². The van der Waals surface area contributed by atoms with E-state index in [1.807, 2.05) is 4.90 Å². The summed E-state index contributed by atoms with van der Waals surface area (Å²) in [4.78, 5) is 13.5. The van der Waals surface area contributed by atoms with Crippen molar-refractivity contribution in [2.45, 2.75) is 31.5 Å². The number of rotatable bonds is 5. The molecule has 0 atom stereocenters. The van der Waals surface area contributed by atoms with Crippen LogP contribution in [0, 0.1) is 0 Å². The molecule has 2 N–H and O–H groups in total. The minimum atomic E-state index is -4.35. The first-order chi connectivity index (χ1) is 11.4. The van der Waals surface area contributed by atoms with Crippen molar-refractivity contribution in [2.75, 3.05) is 31.2 Å². The van der Waals surface area contributed by atoms with Gasteiger partial charge in [-0.15, -0.1) is 0 Å². The van der Waals surface area contributed by atoms with Gasteiger partial charge in [0.25, 0.3) is 0 Å². The zero-order valence-electron chi connectivity index (χ0n) is 13.2. The molecule has 0 bridgehead atoms. The van der Waals surface area contributed by atoms with Crippen LogP contribution in [0.1, 0.15) is 24.8 Å². The Kier molecular flexibility index (Phi) is 6.28. The van der Waals surface area contributed by atoms with Gasteiger partial charge in [0.15, 0.2) is 0 Å². The third-order valence-electron chi connectivity index (χ3n) is 3.96. The molecule has 0 radical (unpaired) electrons. The fourth-order valence-electron chi connectivity index (χ4n) is 2.67. The van der Waals surface area contributed by atoms with Crippen LogP contribution in [0.25, 0.3) is 0 Å². The van der Waals surface area contributed by atoms with Gasteiger partial charge in [0.2, 0.25) is 0 Å². The van der Waals surface area contributed by atoms with Crippen LogP contribution >= 0.6 is 0 Å². The molecule has 0 unspecified atom stereocenters. The second kappa shape index (κ2) is 8.21. The van der Waals surface area contributed by atoms with Crippen molar-refractivity contribution in [3.63, 3.8) is 0 Å². The molecule has 0 aliphatic carbocycles. The number of piperidine rings is 1. The van der Waals surface area contributed by atoms with Crippen LogP contribution in [0.2, 0.25) is 0 Å². The molecule has 134 valence electrons. The molecule has 1 aliphatic heterocycles. The lowest BCUT2D eigenvalue weighted by atomic mass is 10.0. The number of hydrogen-bond acceptors (Lipinski definition) is 2. The molecule has 24 heavy (non-hydrogen) atoms. The Morgan fingerprint density at radius 2 is 1.96 bits per heavy atom. The first-order valence-electron chi connectivity index (χ1n) is 7.92. The Labute approximate surface area is 138 Å². The van der Waals surface area contributed by atoms with Gasteiger partial charge in [0, 0.05) is 31.4 Å². The molecule has 0 aromatic heterocycles. The number of nitrogens with zero attached hydrogens (tertiary/aromatic N) is 1. The van der Waals surface area contributed by atoms with Crippen LogP contribution in [0.4, 0.5) is 28.0 Å². The first-order valence-corrected chi connectivity index (χ1v) is 7.92. The second-order valence-electron chi connectivity index (χ2n) is 5.75. The molecule has 1 aromatic rings. The zero-order chi connectivity index (χ0) is 17.6. The number of alkyl halides is 4. The maximum atomic E-state index is 12.8. The smallest absolute Gasteiger partial charge is 0.371 e. The number of hydrogen-bond donors (Lipinski definition) is 2. The minimum absolute atomic E-state index is 0.0302. The number of amides is 2. The van der Waals surface area contributed by atoms with E-state index in [9.17, 15) is 22.4 Å². The number of nitrogens with one attached hydrogen (secondary N) is 2. The Morgan fingerprint density at radius 3 is 2.58 bits per heavy atom. The lowest BCUT2D eigenvalue weighted by molar-refractivity contribution is -0.137. The number of anilines is 1. The summed E-state index contributed by atoms with van der Waals surface area (Å²) < 4.78 is 50.3. The molecule has 4 nitrogen and oxygen atoms in total. The molecule has 1 aliphatic rings. The quantitative estimate of drug-likeness (QED) is 0.634. The zero-order valence-corrected chi connectivity index (χ0v) is 13.2. The lowest BCUT2D eigenvalue weighted by Gasteiger charge is -2.34. The number of carbonyl (C=O) groups is 1. The maximum absolute atomic E-state index is 12.8. The monoisotopic (exact) mass is 347 g/mol. The normalized spacial score (nSPS) is 16.1. The molecular weight excluding hydrogens is 326 g/mol. The van der Waals surface area contributed by atoms with E-state index >= 15 is 0 Å². The summed E-state index contributed by atoms with van der Waals surface area (Å²) in [6, 6.07) is 4.91. The van der Waals surface area contributed by atoms with E-state index in [1.54, 1.807) is 6.07 Å². The van der Waals surface area contributed by atoms with Gasteiger partial charge < -0.3 is 15.5 Å². The van der Waals surface area contributed by atoms with Crippen LogP contribution in [0.5, 0.6) is 0 Å². The Morgan fingerprint density at radius 1 is 1.25 bits per heavy atom. The van der Waals surface area contributed by atoms with Crippen LogP contribution < -0.4 is 15.5 Å². The molecule has 1 heterocycles. The molecule has 1 aromatic carbocycles. The van der Waals surface area contributed by atoms with Gasteiger partial charge in [-0.1, -0.05) is 6.07 Å². The third-order valence-corrected chi connectivity index (χ3v) is 3.96. The van der Waals surface area contributed by atoms with E-state index in [0.717, 1.165) is 12.1 Å². The Hall–Kier alpha value is -1.99. The minimum Gasteiger partial charge on any atom is -0.371 e. The highest BCUT2D eigenvalue weighted by Crippen LogP contribution is 2.32. The first kappa shape index (κ1) is 18.4. The van der Waals surface area contributed by atoms with E-state index in [2.05, 4.69) is 10.6 Å². The van der Waals surface area contributed by atoms with Gasteiger partial charge in [0.05, 0.1) is 12.2 Å². The summed E-state index contributed by atoms with van der Waals surface area (Å²) in [7, 11) is 0. The topological polar surface area (TPSA) is 44.4 Å². The fourth-order valence-corrected chi connectivity index (χ4v) is 2.67. The third kappa shape index (κ3) is 5.28. The second-order valence-corrected chi connectivity index (χ2v) is 5.75. The standard InChI is InChI=1S/C16H21F4N3O/c17-7-2-8-21-15(24)22-13-5-9-23(10-6-13)14-4-1-3-12(11-14)16(18,19)20/h1,3-4,11,13H,2,5-10H2,(H2,21,22,24). The van der Waals surface area contributed by atoms with Gasteiger partial charge in [-0.25, -0.2) is 4.79 Å². The predicted molar refractivity (Wildman–Crippen MR) is 83.8 cm³/mol. The van der Waals surface area contributed by atoms with Crippen molar-refractivity contribution in [3.05, 3.63) is 29.8 Å². The highest BCUT2D eigenvalue weighted by Gasteiger charge is 2.31. The van der Waals surface area contributed by atoms with Crippen LogP contribution in [-0.4, -0.2) is 38.4 Å². The van der Waals surface area contributed by atoms with Crippen molar-refractivity contribution in [1.82, 2.24) is 10.6 Å². The Bertz CT molecular complexity index is 542. The molecular formula is C16H21F4N3O. The van der Waals surface area contributed by atoms with E-state index in [0.29, 0.717) is 31.6 Å². The molecule has 2 amide bonds. The number of urea groups is 1. The molecule has 1 fully saturated rings. The van der Waals surface area contributed by atoms with E-state index < -0.39 is 18.4 Å². The molecule has 1 saturated heterocycles. The van der Waals surface area contributed by atoms with Crippen LogP contribution in [-0.2, 0) is 6.18 Å². The van der Waals surface area contributed by atoms with Gasteiger partial charge in [-0.2, -0.15) is 13.2 Å². The molecule has 0 saturated carbocycles. The number of carbonyl (C=O) groups excluding carboxylic acids is 1. The van der Waals surface area contributed by atoms with Crippen LogP contribution in [0.15, 0.2) is 24.3 Å². The highest BCUT2D eigenvalue weighted by atomic mass is 19.4. The van der Waals surface area contributed by atoms with E-state index in [1.165, 1.54) is 6.07 Å². The van der Waals surface area contributed by atoms with Crippen molar-refractivity contribution in [3.8, 4) is 0 Å². The molecule has 8 heteroatoms. The summed E-state index contributed by atoms with van der Waals surface area (Å²) >= 11 is 0. The van der Waals surface area contributed by atoms with Gasteiger partial charge in [-0.3, -0.25) is 4.39 Å². The maximum Gasteiger partial charge on any atom is 0.416 e. The van der Waals surface area contributed by atoms with Crippen molar-refractivity contribution < 1.29 is 22.4 Å². The summed E-state index contributed by atoms with van der Waals surface area (Å²) in [6.07, 6.45) is -2.78.